The standard InChI is InChI=1S/C8H10F2O4/c9-7(11)13-5-3-1-2-4-6(5)14-8(10)12/h5-6H,1-4H2. The fourth-order valence-corrected chi connectivity index (χ4v) is 1.57. The molecule has 1 aliphatic carbocycles. The second kappa shape index (κ2) is 4.88. The van der Waals surface area contributed by atoms with E-state index in [4.69, 9.17) is 0 Å². The van der Waals surface area contributed by atoms with Gasteiger partial charge in [0.1, 0.15) is 12.2 Å². The quantitative estimate of drug-likeness (QED) is 0.654. The zero-order chi connectivity index (χ0) is 10.6. The molecule has 1 aliphatic rings. The maximum Gasteiger partial charge on any atom is 0.495 e. The largest absolute Gasteiger partial charge is 0.495 e. The highest BCUT2D eigenvalue weighted by molar-refractivity contribution is 5.59. The van der Waals surface area contributed by atoms with Crippen LogP contribution in [0.15, 0.2) is 0 Å². The lowest BCUT2D eigenvalue weighted by Crippen LogP contribution is -2.36. The van der Waals surface area contributed by atoms with Crippen molar-refractivity contribution < 1.29 is 27.8 Å². The summed E-state index contributed by atoms with van der Waals surface area (Å²) in [5.41, 5.74) is 0. The third-order valence-corrected chi connectivity index (χ3v) is 2.13. The van der Waals surface area contributed by atoms with E-state index in [2.05, 4.69) is 9.47 Å². The first kappa shape index (κ1) is 10.9. The van der Waals surface area contributed by atoms with E-state index >= 15 is 0 Å². The molecule has 4 nitrogen and oxygen atoms in total. The maximum absolute atomic E-state index is 11.9. The molecule has 1 rings (SSSR count). The van der Waals surface area contributed by atoms with Gasteiger partial charge in [0.2, 0.25) is 0 Å². The van der Waals surface area contributed by atoms with E-state index in [1.165, 1.54) is 0 Å². The fraction of sp³-hybridized carbons (Fsp3) is 0.750. The van der Waals surface area contributed by atoms with Crippen molar-refractivity contribution in [3.63, 3.8) is 0 Å². The van der Waals surface area contributed by atoms with Gasteiger partial charge < -0.3 is 9.47 Å². The van der Waals surface area contributed by atoms with Crippen LogP contribution in [0.5, 0.6) is 0 Å². The van der Waals surface area contributed by atoms with Crippen LogP contribution < -0.4 is 0 Å². The predicted octanol–water partition coefficient (Wildman–Crippen LogP) is 2.51. The third kappa shape index (κ3) is 3.27. The molecule has 0 aromatic rings. The van der Waals surface area contributed by atoms with Crippen molar-refractivity contribution in [3.05, 3.63) is 0 Å². The number of hydrogen-bond donors (Lipinski definition) is 0. The molecule has 14 heavy (non-hydrogen) atoms. The van der Waals surface area contributed by atoms with Crippen molar-refractivity contribution in [3.8, 4) is 0 Å². The van der Waals surface area contributed by atoms with E-state index in [-0.39, 0.29) is 0 Å². The molecule has 0 spiro atoms. The summed E-state index contributed by atoms with van der Waals surface area (Å²) in [7, 11) is 0. The Labute approximate surface area is 79.2 Å². The lowest BCUT2D eigenvalue weighted by molar-refractivity contribution is -0.0440. The minimum Gasteiger partial charge on any atom is -0.433 e. The molecule has 0 radical (unpaired) electrons. The van der Waals surface area contributed by atoms with E-state index in [9.17, 15) is 18.4 Å². The number of carbonyl (C=O) groups is 2. The topological polar surface area (TPSA) is 52.6 Å². The Kier molecular flexibility index (Phi) is 3.79. The first-order valence-corrected chi connectivity index (χ1v) is 4.32. The summed E-state index contributed by atoms with van der Waals surface area (Å²) in [4.78, 5) is 20.0. The van der Waals surface area contributed by atoms with Crippen LogP contribution in [0.1, 0.15) is 25.7 Å². The first-order chi connectivity index (χ1) is 6.59. The normalized spacial score (nSPS) is 26.7. The van der Waals surface area contributed by atoms with Crippen molar-refractivity contribution in [2.24, 2.45) is 0 Å². The highest BCUT2D eigenvalue weighted by Gasteiger charge is 2.31. The van der Waals surface area contributed by atoms with Crippen molar-refractivity contribution >= 4 is 12.4 Å². The van der Waals surface area contributed by atoms with Gasteiger partial charge in [-0.1, -0.05) is 0 Å². The Morgan fingerprint density at radius 2 is 1.29 bits per heavy atom. The average Bonchev–Trinajstić information content (AvgIpc) is 2.06. The molecule has 0 aromatic carbocycles. The lowest BCUT2D eigenvalue weighted by Gasteiger charge is -2.28. The molecule has 0 heterocycles. The van der Waals surface area contributed by atoms with Crippen LogP contribution in [0, 0.1) is 0 Å². The summed E-state index contributed by atoms with van der Waals surface area (Å²) in [6, 6.07) is 0. The SMILES string of the molecule is O=C(F)OC1CCCCC1OC(=O)F. The van der Waals surface area contributed by atoms with Crippen LogP contribution in [0.25, 0.3) is 0 Å². The minimum atomic E-state index is -1.93. The molecule has 2 unspecified atom stereocenters. The predicted molar refractivity (Wildman–Crippen MR) is 41.2 cm³/mol. The van der Waals surface area contributed by atoms with Gasteiger partial charge in [0, 0.05) is 0 Å². The van der Waals surface area contributed by atoms with E-state index in [0.717, 1.165) is 12.8 Å². The maximum atomic E-state index is 11.9. The fourth-order valence-electron chi connectivity index (χ4n) is 1.57. The van der Waals surface area contributed by atoms with Crippen LogP contribution in [-0.2, 0) is 9.47 Å². The number of carbonyl (C=O) groups excluding carboxylic acids is 2. The van der Waals surface area contributed by atoms with Gasteiger partial charge in [-0.2, -0.15) is 0 Å². The average molecular weight is 208 g/mol. The number of hydrogen-bond acceptors (Lipinski definition) is 4. The summed E-state index contributed by atoms with van der Waals surface area (Å²) in [6.07, 6.45) is -3.35. The van der Waals surface area contributed by atoms with Gasteiger partial charge in [0.05, 0.1) is 0 Å². The minimum absolute atomic E-state index is 0.383. The van der Waals surface area contributed by atoms with Crippen molar-refractivity contribution in [2.45, 2.75) is 37.9 Å². The summed E-state index contributed by atoms with van der Waals surface area (Å²) < 4.78 is 32.3. The van der Waals surface area contributed by atoms with Gasteiger partial charge in [-0.25, -0.2) is 9.59 Å². The van der Waals surface area contributed by atoms with Gasteiger partial charge >= 0.3 is 12.4 Å². The molecule has 80 valence electrons. The van der Waals surface area contributed by atoms with Gasteiger partial charge in [-0.05, 0) is 25.7 Å². The second-order valence-electron chi connectivity index (χ2n) is 3.07. The summed E-state index contributed by atoms with van der Waals surface area (Å²) in [5, 5.41) is 0. The van der Waals surface area contributed by atoms with E-state index in [0.29, 0.717) is 12.8 Å². The summed E-state index contributed by atoms with van der Waals surface area (Å²) >= 11 is 0. The molecule has 0 aromatic heterocycles. The number of rotatable bonds is 2. The molecule has 0 N–H and O–H groups in total. The van der Waals surface area contributed by atoms with Gasteiger partial charge in [-0.15, -0.1) is 8.78 Å². The lowest BCUT2D eigenvalue weighted by atomic mass is 9.95. The molecular weight excluding hydrogens is 198 g/mol. The molecule has 0 aliphatic heterocycles. The molecule has 1 fully saturated rings. The zero-order valence-electron chi connectivity index (χ0n) is 7.37. The highest BCUT2D eigenvalue weighted by atomic mass is 19.2. The van der Waals surface area contributed by atoms with Crippen LogP contribution >= 0.6 is 0 Å². The van der Waals surface area contributed by atoms with Crippen molar-refractivity contribution in [2.75, 3.05) is 0 Å². The van der Waals surface area contributed by atoms with Crippen LogP contribution in [-0.4, -0.2) is 24.7 Å². The smallest absolute Gasteiger partial charge is 0.433 e. The van der Waals surface area contributed by atoms with Gasteiger partial charge in [0.25, 0.3) is 0 Å². The Morgan fingerprint density at radius 3 is 1.57 bits per heavy atom. The Balaban J connectivity index is 2.49. The Morgan fingerprint density at radius 1 is 0.929 bits per heavy atom. The summed E-state index contributed by atoms with van der Waals surface area (Å²) in [6.45, 7) is 0. The number of halogens is 2. The monoisotopic (exact) mass is 208 g/mol. The Bertz CT molecular complexity index is 207. The molecule has 1 saturated carbocycles. The van der Waals surface area contributed by atoms with Crippen LogP contribution in [0.4, 0.5) is 18.4 Å². The molecule has 0 saturated heterocycles. The molecule has 6 heteroatoms. The van der Waals surface area contributed by atoms with Crippen LogP contribution in [0.3, 0.4) is 0 Å². The molecule has 0 bridgehead atoms. The molecule has 2 atom stereocenters. The highest BCUT2D eigenvalue weighted by Crippen LogP contribution is 2.24. The molecule has 0 amide bonds. The van der Waals surface area contributed by atoms with Crippen molar-refractivity contribution in [1.82, 2.24) is 0 Å². The second-order valence-corrected chi connectivity index (χ2v) is 3.07. The van der Waals surface area contributed by atoms with Crippen molar-refractivity contribution in [1.29, 1.82) is 0 Å². The van der Waals surface area contributed by atoms with Gasteiger partial charge in [0.15, 0.2) is 0 Å². The number of ether oxygens (including phenoxy) is 2. The third-order valence-electron chi connectivity index (χ3n) is 2.13. The Hall–Kier alpha value is -1.20. The molecular formula is C8H10F2O4. The van der Waals surface area contributed by atoms with E-state index < -0.39 is 24.7 Å². The van der Waals surface area contributed by atoms with E-state index in [1.807, 2.05) is 0 Å². The van der Waals surface area contributed by atoms with Gasteiger partial charge in [-0.3, -0.25) is 0 Å². The van der Waals surface area contributed by atoms with Crippen LogP contribution in [0.2, 0.25) is 0 Å². The first-order valence-electron chi connectivity index (χ1n) is 4.32. The van der Waals surface area contributed by atoms with E-state index in [1.54, 1.807) is 0 Å². The summed E-state index contributed by atoms with van der Waals surface area (Å²) in [5.74, 6) is 0. The zero-order valence-corrected chi connectivity index (χ0v) is 7.37.